The van der Waals surface area contributed by atoms with Gasteiger partial charge < -0.3 is 11.1 Å². The number of pyridine rings is 1. The lowest BCUT2D eigenvalue weighted by atomic mass is 9.86. The fraction of sp³-hybridized carbons (Fsp3) is 0.231. The monoisotopic (exact) mass is 441 g/mol. The molecule has 7 nitrogen and oxygen atoms in total. The van der Waals surface area contributed by atoms with E-state index in [4.69, 9.17) is 5.73 Å². The number of fused-ring (bicyclic) bond motifs is 1. The van der Waals surface area contributed by atoms with Gasteiger partial charge in [0.05, 0.1) is 12.1 Å². The van der Waals surface area contributed by atoms with Crippen LogP contribution in [-0.4, -0.2) is 32.6 Å². The number of hydrogen-bond donors (Lipinski definition) is 2. The molecule has 4 aromatic rings. The smallest absolute Gasteiger partial charge is 0.273 e. The lowest BCUT2D eigenvalue weighted by Gasteiger charge is -2.28. The second-order valence-electron chi connectivity index (χ2n) is 9.14. The van der Waals surface area contributed by atoms with Crippen LogP contribution in [0, 0.1) is 5.41 Å². The molecule has 2 amide bonds. The number of nitrogens with zero attached hydrogens (tertiary/aromatic N) is 3. The van der Waals surface area contributed by atoms with E-state index < -0.39 is 23.3 Å². The number of nitrogens with two attached hydrogens (primary N) is 1. The molecule has 0 bridgehead atoms. The summed E-state index contributed by atoms with van der Waals surface area (Å²) < 4.78 is 1.81. The summed E-state index contributed by atoms with van der Waals surface area (Å²) in [6.45, 7) is 6.08. The SMILES string of the molecule is CC(C)(C)[C@H](NC(=O)c1nn(Cc2ccccc2)c2ccc(-c3cccnc3)cc12)C(N)=O. The van der Waals surface area contributed by atoms with Crippen molar-refractivity contribution in [3.63, 3.8) is 0 Å². The second kappa shape index (κ2) is 8.86. The predicted molar refractivity (Wildman–Crippen MR) is 128 cm³/mol. The number of rotatable bonds is 6. The van der Waals surface area contributed by atoms with Crippen molar-refractivity contribution in [1.29, 1.82) is 0 Å². The van der Waals surface area contributed by atoms with Crippen LogP contribution in [0.1, 0.15) is 36.8 Å². The van der Waals surface area contributed by atoms with Crippen molar-refractivity contribution in [3.8, 4) is 11.1 Å². The van der Waals surface area contributed by atoms with Crippen LogP contribution in [-0.2, 0) is 11.3 Å². The zero-order chi connectivity index (χ0) is 23.6. The van der Waals surface area contributed by atoms with E-state index >= 15 is 0 Å². The van der Waals surface area contributed by atoms with E-state index in [0.717, 1.165) is 22.2 Å². The molecular weight excluding hydrogens is 414 g/mol. The summed E-state index contributed by atoms with van der Waals surface area (Å²) in [6.07, 6.45) is 3.49. The van der Waals surface area contributed by atoms with Crippen LogP contribution in [0.4, 0.5) is 0 Å². The largest absolute Gasteiger partial charge is 0.368 e. The quantitative estimate of drug-likeness (QED) is 0.475. The molecular formula is C26H27N5O2. The minimum atomic E-state index is -0.833. The van der Waals surface area contributed by atoms with Crippen LogP contribution in [0.25, 0.3) is 22.0 Å². The first-order valence-electron chi connectivity index (χ1n) is 10.8. The van der Waals surface area contributed by atoms with Gasteiger partial charge in [0.1, 0.15) is 6.04 Å². The number of amides is 2. The normalized spacial score (nSPS) is 12.5. The van der Waals surface area contributed by atoms with Gasteiger partial charge >= 0.3 is 0 Å². The third-order valence-corrected chi connectivity index (χ3v) is 5.56. The van der Waals surface area contributed by atoms with Crippen LogP contribution >= 0.6 is 0 Å². The Hall–Kier alpha value is -4.00. The van der Waals surface area contributed by atoms with E-state index in [-0.39, 0.29) is 5.69 Å². The average Bonchev–Trinajstić information content (AvgIpc) is 3.15. The Morgan fingerprint density at radius 2 is 1.79 bits per heavy atom. The van der Waals surface area contributed by atoms with Gasteiger partial charge in [-0.25, -0.2) is 0 Å². The predicted octanol–water partition coefficient (Wildman–Crippen LogP) is 3.78. The van der Waals surface area contributed by atoms with Gasteiger partial charge in [-0.1, -0.05) is 63.2 Å². The van der Waals surface area contributed by atoms with E-state index in [1.165, 1.54) is 0 Å². The highest BCUT2D eigenvalue weighted by molar-refractivity contribution is 6.07. The van der Waals surface area contributed by atoms with Gasteiger partial charge in [0.2, 0.25) is 5.91 Å². The number of hydrogen-bond acceptors (Lipinski definition) is 4. The zero-order valence-electron chi connectivity index (χ0n) is 18.9. The highest BCUT2D eigenvalue weighted by atomic mass is 16.2. The highest BCUT2D eigenvalue weighted by Crippen LogP contribution is 2.28. The number of carbonyl (C=O) groups is 2. The molecule has 0 aliphatic carbocycles. The summed E-state index contributed by atoms with van der Waals surface area (Å²) in [5.41, 5.74) is 9.04. The molecule has 4 rings (SSSR count). The third kappa shape index (κ3) is 4.77. The zero-order valence-corrected chi connectivity index (χ0v) is 18.9. The van der Waals surface area contributed by atoms with Crippen molar-refractivity contribution in [2.24, 2.45) is 11.1 Å². The number of aromatic nitrogens is 3. The first kappa shape index (κ1) is 22.2. The minimum absolute atomic E-state index is 0.252. The Bertz CT molecular complexity index is 1290. The maximum absolute atomic E-state index is 13.3. The van der Waals surface area contributed by atoms with Crippen LogP contribution < -0.4 is 11.1 Å². The van der Waals surface area contributed by atoms with Crippen LogP contribution in [0.3, 0.4) is 0 Å². The minimum Gasteiger partial charge on any atom is -0.368 e. The molecule has 0 radical (unpaired) electrons. The molecule has 2 aromatic heterocycles. The topological polar surface area (TPSA) is 103 Å². The Balaban J connectivity index is 1.80. The fourth-order valence-electron chi connectivity index (χ4n) is 3.85. The summed E-state index contributed by atoms with van der Waals surface area (Å²) >= 11 is 0. The van der Waals surface area contributed by atoms with Gasteiger partial charge in [0.15, 0.2) is 5.69 Å². The molecule has 0 fully saturated rings. The van der Waals surface area contributed by atoms with Gasteiger partial charge in [-0.2, -0.15) is 5.10 Å². The number of nitrogens with one attached hydrogen (secondary N) is 1. The Morgan fingerprint density at radius 3 is 2.42 bits per heavy atom. The molecule has 0 spiro atoms. The van der Waals surface area contributed by atoms with Crippen molar-refractivity contribution >= 4 is 22.7 Å². The van der Waals surface area contributed by atoms with Crippen molar-refractivity contribution in [2.45, 2.75) is 33.4 Å². The Kier molecular flexibility index (Phi) is 5.96. The average molecular weight is 442 g/mol. The molecule has 0 aliphatic heterocycles. The lowest BCUT2D eigenvalue weighted by Crippen LogP contribution is -2.52. The molecule has 7 heteroatoms. The molecule has 2 aromatic carbocycles. The van der Waals surface area contributed by atoms with Crippen molar-refractivity contribution in [1.82, 2.24) is 20.1 Å². The van der Waals surface area contributed by atoms with Gasteiger partial charge in [0.25, 0.3) is 5.91 Å². The first-order chi connectivity index (χ1) is 15.7. The molecule has 0 unspecified atom stereocenters. The summed E-state index contributed by atoms with van der Waals surface area (Å²) in [7, 11) is 0. The summed E-state index contributed by atoms with van der Waals surface area (Å²) in [4.78, 5) is 29.6. The van der Waals surface area contributed by atoms with Crippen LogP contribution in [0.2, 0.25) is 0 Å². The number of carbonyl (C=O) groups excluding carboxylic acids is 2. The number of benzene rings is 2. The summed E-state index contributed by atoms with van der Waals surface area (Å²) in [6, 6.07) is 18.8. The van der Waals surface area contributed by atoms with Gasteiger partial charge in [0, 0.05) is 23.3 Å². The van der Waals surface area contributed by atoms with Crippen molar-refractivity contribution < 1.29 is 9.59 Å². The highest BCUT2D eigenvalue weighted by Gasteiger charge is 2.32. The number of primary amides is 1. The van der Waals surface area contributed by atoms with Gasteiger partial charge in [-0.05, 0) is 34.7 Å². The van der Waals surface area contributed by atoms with E-state index in [0.29, 0.717) is 11.9 Å². The van der Waals surface area contributed by atoms with E-state index in [1.54, 1.807) is 12.4 Å². The summed E-state index contributed by atoms with van der Waals surface area (Å²) in [5.74, 6) is -1.02. The molecule has 0 saturated heterocycles. The van der Waals surface area contributed by atoms with E-state index in [2.05, 4.69) is 15.4 Å². The third-order valence-electron chi connectivity index (χ3n) is 5.56. The molecule has 0 saturated carbocycles. The van der Waals surface area contributed by atoms with Gasteiger partial charge in [-0.3, -0.25) is 19.3 Å². The maximum Gasteiger partial charge on any atom is 0.273 e. The first-order valence-corrected chi connectivity index (χ1v) is 10.8. The molecule has 0 aliphatic rings. The van der Waals surface area contributed by atoms with E-state index in [1.807, 2.05) is 86.1 Å². The van der Waals surface area contributed by atoms with Crippen LogP contribution in [0.15, 0.2) is 73.1 Å². The van der Waals surface area contributed by atoms with Gasteiger partial charge in [-0.15, -0.1) is 0 Å². The molecule has 33 heavy (non-hydrogen) atoms. The van der Waals surface area contributed by atoms with E-state index in [9.17, 15) is 9.59 Å². The molecule has 1 atom stereocenters. The summed E-state index contributed by atoms with van der Waals surface area (Å²) in [5, 5.41) is 8.15. The standard InChI is InChI=1S/C26H27N5O2/c1-26(2,3)23(24(27)32)29-25(33)22-20-14-18(19-10-7-13-28-15-19)11-12-21(20)31(30-22)16-17-8-5-4-6-9-17/h4-15,23H,16H2,1-3H3,(H2,27,32)(H,29,33)/t23-/m1/s1. The Morgan fingerprint density at radius 1 is 1.03 bits per heavy atom. The van der Waals surface area contributed by atoms with Crippen molar-refractivity contribution in [3.05, 3.63) is 84.3 Å². The lowest BCUT2D eigenvalue weighted by molar-refractivity contribution is -0.122. The second-order valence-corrected chi connectivity index (χ2v) is 9.14. The Labute approximate surface area is 192 Å². The molecule has 168 valence electrons. The molecule has 2 heterocycles. The maximum atomic E-state index is 13.3. The fourth-order valence-corrected chi connectivity index (χ4v) is 3.85. The van der Waals surface area contributed by atoms with Crippen LogP contribution in [0.5, 0.6) is 0 Å². The van der Waals surface area contributed by atoms with Crippen molar-refractivity contribution in [2.75, 3.05) is 0 Å². The molecule has 3 N–H and O–H groups in total.